The van der Waals surface area contributed by atoms with Crippen molar-refractivity contribution in [2.24, 2.45) is 0 Å². The van der Waals surface area contributed by atoms with Crippen LogP contribution in [0.3, 0.4) is 0 Å². The summed E-state index contributed by atoms with van der Waals surface area (Å²) < 4.78 is 5.46. The molecule has 0 amide bonds. The largest absolute Gasteiger partial charge is 0.492 e. The number of carbonyl (C=O) groups is 1. The fourth-order valence-corrected chi connectivity index (χ4v) is 2.06. The summed E-state index contributed by atoms with van der Waals surface area (Å²) >= 11 is 1.09. The molecule has 1 aromatic carbocycles. The number of carboxylic acid groups (broad SMARTS) is 1. The summed E-state index contributed by atoms with van der Waals surface area (Å²) in [4.78, 5) is 15.0. The van der Waals surface area contributed by atoms with Crippen molar-refractivity contribution in [2.75, 3.05) is 11.9 Å². The lowest BCUT2D eigenvalue weighted by atomic mass is 10.3. The Morgan fingerprint density at radius 1 is 1.50 bits per heavy atom. The summed E-state index contributed by atoms with van der Waals surface area (Å²) in [6.45, 7) is 2.47. The van der Waals surface area contributed by atoms with Crippen molar-refractivity contribution in [3.8, 4) is 5.75 Å². The van der Waals surface area contributed by atoms with Crippen molar-refractivity contribution in [3.63, 3.8) is 0 Å². The number of hydrogen-bond donors (Lipinski definition) is 2. The molecule has 2 aromatic rings. The van der Waals surface area contributed by atoms with Crippen LogP contribution in [-0.4, -0.2) is 22.7 Å². The van der Waals surface area contributed by atoms with Gasteiger partial charge in [0.05, 0.1) is 18.5 Å². The molecular weight excluding hydrogens is 252 g/mol. The fraction of sp³-hybridized carbons (Fsp3) is 0.167. The highest BCUT2D eigenvalue weighted by Gasteiger charge is 2.10. The molecule has 0 atom stereocenters. The average Bonchev–Trinajstić information content (AvgIpc) is 2.81. The van der Waals surface area contributed by atoms with Crippen LogP contribution in [0.4, 0.5) is 10.8 Å². The van der Waals surface area contributed by atoms with Gasteiger partial charge in [0, 0.05) is 0 Å². The summed E-state index contributed by atoms with van der Waals surface area (Å²) in [6, 6.07) is 7.45. The van der Waals surface area contributed by atoms with Gasteiger partial charge in [0.25, 0.3) is 0 Å². The summed E-state index contributed by atoms with van der Waals surface area (Å²) in [5.41, 5.74) is 0.769. The second kappa shape index (κ2) is 5.50. The van der Waals surface area contributed by atoms with E-state index in [2.05, 4.69) is 10.3 Å². The molecule has 0 aliphatic rings. The van der Waals surface area contributed by atoms with E-state index in [9.17, 15) is 4.79 Å². The van der Waals surface area contributed by atoms with E-state index >= 15 is 0 Å². The number of hydrogen-bond acceptors (Lipinski definition) is 5. The second-order valence-electron chi connectivity index (χ2n) is 3.39. The number of aromatic nitrogens is 1. The zero-order valence-electron chi connectivity index (χ0n) is 9.71. The molecule has 0 aliphatic heterocycles. The van der Waals surface area contributed by atoms with E-state index in [0.29, 0.717) is 17.5 Å². The minimum absolute atomic E-state index is 0.200. The Labute approximate surface area is 108 Å². The van der Waals surface area contributed by atoms with Crippen molar-refractivity contribution in [1.29, 1.82) is 0 Å². The number of nitrogens with one attached hydrogen (secondary N) is 1. The Morgan fingerprint density at radius 3 is 2.94 bits per heavy atom. The quantitative estimate of drug-likeness (QED) is 0.868. The highest BCUT2D eigenvalue weighted by atomic mass is 32.1. The van der Waals surface area contributed by atoms with Crippen LogP contribution in [0.5, 0.6) is 5.75 Å². The van der Waals surface area contributed by atoms with Crippen LogP contribution in [0.25, 0.3) is 0 Å². The minimum Gasteiger partial charge on any atom is -0.492 e. The van der Waals surface area contributed by atoms with Gasteiger partial charge in [-0.1, -0.05) is 23.5 Å². The van der Waals surface area contributed by atoms with E-state index in [1.807, 2.05) is 31.2 Å². The standard InChI is InChI=1S/C12H12N2O3S/c1-2-17-9-6-4-3-5-8(9)14-12-13-7-10(18-12)11(15)16/h3-7H,2H2,1H3,(H,13,14)(H,15,16). The van der Waals surface area contributed by atoms with E-state index in [0.717, 1.165) is 17.0 Å². The molecule has 18 heavy (non-hydrogen) atoms. The molecule has 94 valence electrons. The number of ether oxygens (including phenoxy) is 1. The lowest BCUT2D eigenvalue weighted by molar-refractivity contribution is 0.0702. The van der Waals surface area contributed by atoms with E-state index in [1.54, 1.807) is 0 Å². The van der Waals surface area contributed by atoms with Crippen molar-refractivity contribution in [2.45, 2.75) is 6.92 Å². The van der Waals surface area contributed by atoms with Gasteiger partial charge in [-0.2, -0.15) is 0 Å². The molecule has 2 N–H and O–H groups in total. The first-order valence-electron chi connectivity index (χ1n) is 5.38. The van der Waals surface area contributed by atoms with Crippen LogP contribution < -0.4 is 10.1 Å². The van der Waals surface area contributed by atoms with Crippen molar-refractivity contribution in [1.82, 2.24) is 4.98 Å². The van der Waals surface area contributed by atoms with E-state index < -0.39 is 5.97 Å². The molecule has 0 bridgehead atoms. The van der Waals surface area contributed by atoms with Crippen molar-refractivity contribution in [3.05, 3.63) is 35.3 Å². The van der Waals surface area contributed by atoms with Gasteiger partial charge in [-0.25, -0.2) is 9.78 Å². The first kappa shape index (κ1) is 12.4. The number of carboxylic acids is 1. The first-order valence-corrected chi connectivity index (χ1v) is 6.20. The topological polar surface area (TPSA) is 71.5 Å². The predicted octanol–water partition coefficient (Wildman–Crippen LogP) is 2.98. The van der Waals surface area contributed by atoms with Crippen LogP contribution in [-0.2, 0) is 0 Å². The Bertz CT molecular complexity index is 554. The molecule has 0 radical (unpaired) electrons. The van der Waals surface area contributed by atoms with Gasteiger partial charge in [-0.15, -0.1) is 0 Å². The van der Waals surface area contributed by atoms with Crippen molar-refractivity contribution >= 4 is 28.1 Å². The van der Waals surface area contributed by atoms with Gasteiger partial charge < -0.3 is 15.2 Å². The van der Waals surface area contributed by atoms with Crippen LogP contribution in [0.1, 0.15) is 16.6 Å². The summed E-state index contributed by atoms with van der Waals surface area (Å²) in [5.74, 6) is -0.259. The van der Waals surface area contributed by atoms with Gasteiger partial charge in [0.1, 0.15) is 10.6 Å². The Balaban J connectivity index is 2.19. The molecule has 2 rings (SSSR count). The molecule has 0 aliphatic carbocycles. The molecule has 0 spiro atoms. The molecule has 6 heteroatoms. The third-order valence-corrected chi connectivity index (χ3v) is 3.05. The highest BCUT2D eigenvalue weighted by Crippen LogP contribution is 2.29. The van der Waals surface area contributed by atoms with Gasteiger partial charge in [-0.3, -0.25) is 0 Å². The molecular formula is C12H12N2O3S. The third-order valence-electron chi connectivity index (χ3n) is 2.14. The molecule has 0 fully saturated rings. The maximum absolute atomic E-state index is 10.8. The molecule has 1 aromatic heterocycles. The number of aromatic carboxylic acids is 1. The normalized spacial score (nSPS) is 10.1. The highest BCUT2D eigenvalue weighted by molar-refractivity contribution is 7.17. The Hall–Kier alpha value is -2.08. The monoisotopic (exact) mass is 264 g/mol. The molecule has 0 unspecified atom stereocenters. The third kappa shape index (κ3) is 2.78. The van der Waals surface area contributed by atoms with Crippen LogP contribution in [0.15, 0.2) is 30.5 Å². The first-order chi connectivity index (χ1) is 8.70. The number of thiazole rings is 1. The van der Waals surface area contributed by atoms with E-state index in [1.165, 1.54) is 6.20 Å². The number of anilines is 2. The van der Waals surface area contributed by atoms with Crippen LogP contribution in [0.2, 0.25) is 0 Å². The minimum atomic E-state index is -0.973. The van der Waals surface area contributed by atoms with Gasteiger partial charge in [-0.05, 0) is 19.1 Å². The number of nitrogens with zero attached hydrogens (tertiary/aromatic N) is 1. The summed E-state index contributed by atoms with van der Waals surface area (Å²) in [7, 11) is 0. The second-order valence-corrected chi connectivity index (χ2v) is 4.42. The number of rotatable bonds is 5. The van der Waals surface area contributed by atoms with Crippen LogP contribution in [0, 0.1) is 0 Å². The van der Waals surface area contributed by atoms with Crippen LogP contribution >= 0.6 is 11.3 Å². The average molecular weight is 264 g/mol. The Kier molecular flexibility index (Phi) is 3.78. The fourth-order valence-electron chi connectivity index (χ4n) is 1.40. The summed E-state index contributed by atoms with van der Waals surface area (Å²) in [5, 5.41) is 12.4. The molecule has 0 saturated heterocycles. The van der Waals surface area contributed by atoms with E-state index in [4.69, 9.17) is 9.84 Å². The zero-order chi connectivity index (χ0) is 13.0. The smallest absolute Gasteiger partial charge is 0.347 e. The maximum Gasteiger partial charge on any atom is 0.347 e. The van der Waals surface area contributed by atoms with Gasteiger partial charge in [0.15, 0.2) is 5.13 Å². The molecule has 0 saturated carbocycles. The zero-order valence-corrected chi connectivity index (χ0v) is 10.5. The molecule has 1 heterocycles. The number of benzene rings is 1. The van der Waals surface area contributed by atoms with Gasteiger partial charge in [0.2, 0.25) is 0 Å². The lowest BCUT2D eigenvalue weighted by Crippen LogP contribution is -1.97. The Morgan fingerprint density at radius 2 is 2.28 bits per heavy atom. The SMILES string of the molecule is CCOc1ccccc1Nc1ncc(C(=O)O)s1. The van der Waals surface area contributed by atoms with Gasteiger partial charge >= 0.3 is 5.97 Å². The number of para-hydroxylation sites is 2. The van der Waals surface area contributed by atoms with Crippen molar-refractivity contribution < 1.29 is 14.6 Å². The predicted molar refractivity (Wildman–Crippen MR) is 70.0 cm³/mol. The maximum atomic E-state index is 10.8. The molecule has 5 nitrogen and oxygen atoms in total. The summed E-state index contributed by atoms with van der Waals surface area (Å²) in [6.07, 6.45) is 1.33. The van der Waals surface area contributed by atoms with E-state index in [-0.39, 0.29) is 4.88 Å². The lowest BCUT2D eigenvalue weighted by Gasteiger charge is -2.09.